The molecule has 1 aliphatic rings. The minimum Gasteiger partial charge on any atom is -0.350 e. The van der Waals surface area contributed by atoms with Gasteiger partial charge in [0.25, 0.3) is 5.56 Å². The van der Waals surface area contributed by atoms with Gasteiger partial charge >= 0.3 is 0 Å². The number of H-pyrrole nitrogens is 1. The molecular weight excluding hydrogens is 498 g/mol. The number of benzene rings is 2. The third-order valence-electron chi connectivity index (χ3n) is 7.09. The predicted octanol–water partition coefficient (Wildman–Crippen LogP) is 4.83. The number of hydrogen-bond donors (Lipinski definition) is 2. The van der Waals surface area contributed by atoms with Crippen molar-refractivity contribution < 1.29 is 13.2 Å². The Labute approximate surface area is 221 Å². The molecule has 7 nitrogen and oxygen atoms in total. The topological polar surface area (TPSA) is 109 Å². The molecule has 194 valence electrons. The van der Waals surface area contributed by atoms with Gasteiger partial charge < -0.3 is 10.3 Å². The molecule has 2 N–H and O–H groups in total. The Bertz CT molecular complexity index is 1750. The van der Waals surface area contributed by atoms with E-state index in [4.69, 9.17) is 0 Å². The first kappa shape index (κ1) is 25.6. The number of pyridine rings is 2. The largest absolute Gasteiger partial charge is 0.350 e. The molecule has 2 aromatic heterocycles. The van der Waals surface area contributed by atoms with E-state index in [1.807, 2.05) is 48.5 Å². The molecule has 0 atom stereocenters. The molecule has 0 saturated heterocycles. The first-order valence-corrected chi connectivity index (χ1v) is 14.3. The molecule has 2 heterocycles. The van der Waals surface area contributed by atoms with Crippen LogP contribution in [0.1, 0.15) is 37.8 Å². The van der Waals surface area contributed by atoms with Gasteiger partial charge in [-0.25, -0.2) is 8.42 Å². The number of amides is 1. The average Bonchev–Trinajstić information content (AvgIpc) is 3.70. The first-order valence-electron chi connectivity index (χ1n) is 12.4. The molecule has 0 spiro atoms. The minimum atomic E-state index is -3.41. The summed E-state index contributed by atoms with van der Waals surface area (Å²) in [7, 11) is -3.41. The molecule has 1 saturated carbocycles. The van der Waals surface area contributed by atoms with Gasteiger partial charge in [-0.3, -0.25) is 14.6 Å². The summed E-state index contributed by atoms with van der Waals surface area (Å²) < 4.78 is 24.1. The number of aromatic nitrogens is 2. The zero-order valence-corrected chi connectivity index (χ0v) is 22.3. The maximum absolute atomic E-state index is 12.9. The van der Waals surface area contributed by atoms with Crippen molar-refractivity contribution in [3.63, 3.8) is 0 Å². The van der Waals surface area contributed by atoms with Crippen molar-refractivity contribution in [2.45, 2.75) is 37.5 Å². The second-order valence-electron chi connectivity index (χ2n) is 10.3. The van der Waals surface area contributed by atoms with Gasteiger partial charge in [0.1, 0.15) is 0 Å². The average molecular weight is 528 g/mol. The maximum atomic E-state index is 12.9. The summed E-state index contributed by atoms with van der Waals surface area (Å²) in [5.41, 5.74) is 4.46. The molecular formula is C30H29N3O4S. The van der Waals surface area contributed by atoms with Gasteiger partial charge in [0.05, 0.1) is 10.3 Å². The number of sulfone groups is 1. The van der Waals surface area contributed by atoms with Gasteiger partial charge in [0.15, 0.2) is 9.84 Å². The third kappa shape index (κ3) is 5.17. The van der Waals surface area contributed by atoms with E-state index in [2.05, 4.69) is 15.3 Å². The Balaban J connectivity index is 1.59. The number of nitrogens with one attached hydrogen (secondary N) is 2. The van der Waals surface area contributed by atoms with Crippen LogP contribution in [-0.4, -0.2) is 36.6 Å². The van der Waals surface area contributed by atoms with Crippen LogP contribution in [0.4, 0.5) is 0 Å². The number of carbonyl (C=O) groups excluding carboxylic acids is 1. The number of rotatable bonds is 7. The lowest BCUT2D eigenvalue weighted by Crippen LogP contribution is -2.28. The molecule has 1 amide bonds. The van der Waals surface area contributed by atoms with Crippen molar-refractivity contribution in [2.24, 2.45) is 0 Å². The second kappa shape index (κ2) is 9.68. The lowest BCUT2D eigenvalue weighted by Gasteiger charge is -2.24. The Morgan fingerprint density at radius 3 is 2.58 bits per heavy atom. The molecule has 0 aliphatic heterocycles. The zero-order chi connectivity index (χ0) is 27.1. The Morgan fingerprint density at radius 1 is 1.05 bits per heavy atom. The molecule has 1 aliphatic carbocycles. The highest BCUT2D eigenvalue weighted by Crippen LogP contribution is 2.36. The number of fused-ring (bicyclic) bond motifs is 1. The van der Waals surface area contributed by atoms with E-state index in [9.17, 15) is 18.0 Å². The normalized spacial score (nSPS) is 14.2. The fourth-order valence-electron chi connectivity index (χ4n) is 4.29. The summed E-state index contributed by atoms with van der Waals surface area (Å²) >= 11 is 0. The quantitative estimate of drug-likeness (QED) is 0.335. The predicted molar refractivity (Wildman–Crippen MR) is 151 cm³/mol. The molecule has 5 rings (SSSR count). The van der Waals surface area contributed by atoms with E-state index in [0.717, 1.165) is 29.4 Å². The minimum absolute atomic E-state index is 0.131. The summed E-state index contributed by atoms with van der Waals surface area (Å²) in [6, 6.07) is 16.9. The Kier molecular flexibility index (Phi) is 6.53. The van der Waals surface area contributed by atoms with Crippen molar-refractivity contribution in [2.75, 3.05) is 6.26 Å². The smallest absolute Gasteiger partial charge is 0.255 e. The van der Waals surface area contributed by atoms with Crippen molar-refractivity contribution in [3.8, 4) is 22.3 Å². The van der Waals surface area contributed by atoms with Crippen LogP contribution in [0, 0.1) is 0 Å². The SMILES string of the molecule is CC(C)(c1cc(-c2c[nH]c(=O)c(-c3cccc(C=CC(=O)NC4CC4)c3)c2)c2ncccc2c1)S(C)(=O)=O. The Hall–Kier alpha value is -4.04. The van der Waals surface area contributed by atoms with Crippen LogP contribution in [0.3, 0.4) is 0 Å². The van der Waals surface area contributed by atoms with E-state index in [-0.39, 0.29) is 17.5 Å². The zero-order valence-electron chi connectivity index (χ0n) is 21.5. The highest BCUT2D eigenvalue weighted by Gasteiger charge is 2.33. The van der Waals surface area contributed by atoms with Crippen LogP contribution in [0.5, 0.6) is 0 Å². The van der Waals surface area contributed by atoms with Gasteiger partial charge in [-0.15, -0.1) is 0 Å². The highest BCUT2D eigenvalue weighted by atomic mass is 32.2. The number of carbonyl (C=O) groups is 1. The number of hydrogen-bond acceptors (Lipinski definition) is 5. The summed E-state index contributed by atoms with van der Waals surface area (Å²) in [6.45, 7) is 3.37. The molecule has 4 aromatic rings. The number of aromatic amines is 1. The van der Waals surface area contributed by atoms with Crippen LogP contribution in [0.25, 0.3) is 39.2 Å². The molecule has 38 heavy (non-hydrogen) atoms. The van der Waals surface area contributed by atoms with E-state index in [1.54, 1.807) is 38.4 Å². The molecule has 0 radical (unpaired) electrons. The van der Waals surface area contributed by atoms with Crippen molar-refractivity contribution in [1.82, 2.24) is 15.3 Å². The fraction of sp³-hybridized carbons (Fsp3) is 0.233. The summed E-state index contributed by atoms with van der Waals surface area (Å²) in [4.78, 5) is 32.3. The van der Waals surface area contributed by atoms with Crippen LogP contribution < -0.4 is 10.9 Å². The first-order chi connectivity index (χ1) is 18.0. The summed E-state index contributed by atoms with van der Waals surface area (Å²) in [5.74, 6) is -0.131. The standard InChI is InChI=1S/C30H29N3O4S/c1-30(2,38(3,36)37)23-15-21-8-5-13-31-28(21)25(17-23)22-16-26(29(35)32-18-22)20-7-4-6-19(14-20)9-12-27(34)33-24-10-11-24/h4-9,12-18,24H,10-11H2,1-3H3,(H,32,35)(H,33,34). The molecule has 0 unspecified atom stereocenters. The summed E-state index contributed by atoms with van der Waals surface area (Å²) in [6.07, 6.45) is 9.82. The second-order valence-corrected chi connectivity index (χ2v) is 12.8. The lowest BCUT2D eigenvalue weighted by molar-refractivity contribution is -0.116. The monoisotopic (exact) mass is 527 g/mol. The van der Waals surface area contributed by atoms with Gasteiger partial charge in [-0.05, 0) is 79.8 Å². The molecule has 2 aromatic carbocycles. The van der Waals surface area contributed by atoms with Crippen molar-refractivity contribution in [3.05, 3.63) is 94.5 Å². The van der Waals surface area contributed by atoms with Crippen LogP contribution in [-0.2, 0) is 19.4 Å². The van der Waals surface area contributed by atoms with Crippen molar-refractivity contribution in [1.29, 1.82) is 0 Å². The highest BCUT2D eigenvalue weighted by molar-refractivity contribution is 7.91. The van der Waals surface area contributed by atoms with Gasteiger partial charge in [0, 0.05) is 52.8 Å². The lowest BCUT2D eigenvalue weighted by atomic mass is 9.93. The molecule has 0 bridgehead atoms. The van der Waals surface area contributed by atoms with Gasteiger partial charge in [0.2, 0.25) is 5.91 Å². The van der Waals surface area contributed by atoms with Gasteiger partial charge in [-0.2, -0.15) is 0 Å². The number of nitrogens with zero attached hydrogens (tertiary/aromatic N) is 1. The maximum Gasteiger partial charge on any atom is 0.255 e. The Morgan fingerprint density at radius 2 is 1.84 bits per heavy atom. The molecule has 1 fully saturated rings. The fourth-order valence-corrected chi connectivity index (χ4v) is 4.83. The van der Waals surface area contributed by atoms with E-state index in [1.165, 1.54) is 12.3 Å². The third-order valence-corrected chi connectivity index (χ3v) is 9.18. The van der Waals surface area contributed by atoms with Crippen LogP contribution in [0.15, 0.2) is 77.9 Å². The summed E-state index contributed by atoms with van der Waals surface area (Å²) in [5, 5.41) is 3.73. The molecule has 8 heteroatoms. The van der Waals surface area contributed by atoms with Crippen LogP contribution in [0.2, 0.25) is 0 Å². The van der Waals surface area contributed by atoms with E-state index < -0.39 is 14.6 Å². The van der Waals surface area contributed by atoms with Crippen LogP contribution >= 0.6 is 0 Å². The van der Waals surface area contributed by atoms with Gasteiger partial charge in [-0.1, -0.05) is 24.3 Å². The van der Waals surface area contributed by atoms with E-state index >= 15 is 0 Å². The van der Waals surface area contributed by atoms with Crippen molar-refractivity contribution >= 4 is 32.7 Å². The van der Waals surface area contributed by atoms with E-state index in [0.29, 0.717) is 27.8 Å².